The Morgan fingerprint density at radius 2 is 1.67 bits per heavy atom. The van der Waals surface area contributed by atoms with Gasteiger partial charge in [0.1, 0.15) is 5.75 Å². The molecule has 0 spiro atoms. The van der Waals surface area contributed by atoms with Crippen molar-refractivity contribution in [2.75, 3.05) is 0 Å². The fraction of sp³-hybridized carbons (Fsp3) is 0. The van der Waals surface area contributed by atoms with Crippen LogP contribution in [0.5, 0.6) is 5.75 Å². The van der Waals surface area contributed by atoms with Gasteiger partial charge < -0.3 is 5.11 Å². The van der Waals surface area contributed by atoms with E-state index in [9.17, 15) is 15.0 Å². The molecule has 5 heteroatoms. The smallest absolute Gasteiger partial charge is 0.386 e. The van der Waals surface area contributed by atoms with E-state index in [2.05, 4.69) is 0 Å². The van der Waals surface area contributed by atoms with Crippen molar-refractivity contribution in [3.8, 4) is 5.75 Å². The van der Waals surface area contributed by atoms with Gasteiger partial charge in [0, 0.05) is 0 Å². The van der Waals surface area contributed by atoms with E-state index < -0.39 is 5.97 Å². The molecule has 0 aliphatic heterocycles. The molecule has 3 nitrogen and oxygen atoms in total. The number of benzene rings is 1. The van der Waals surface area contributed by atoms with E-state index in [1.165, 1.54) is 12.1 Å². The van der Waals surface area contributed by atoms with Gasteiger partial charge in [-0.15, -0.1) is 0 Å². The van der Waals surface area contributed by atoms with E-state index in [1.54, 1.807) is 0 Å². The van der Waals surface area contributed by atoms with Crippen molar-refractivity contribution >= 4 is 51.2 Å². The Kier molecular flexibility index (Phi) is 3.16. The molecule has 1 rings (SSSR count). The zero-order valence-electron chi connectivity index (χ0n) is 5.67. The summed E-state index contributed by atoms with van der Waals surface area (Å²) in [5.41, 5.74) is 0.0848. The molecule has 0 atom stereocenters. The molecule has 0 fully saturated rings. The maximum atomic E-state index is 10.4. The molecule has 12 heavy (non-hydrogen) atoms. The lowest BCUT2D eigenvalue weighted by Gasteiger charge is -2.00. The Hall–Kier alpha value is -0.0500. The van der Waals surface area contributed by atoms with E-state index in [4.69, 9.17) is 0 Å². The quantitative estimate of drug-likeness (QED) is 0.749. The van der Waals surface area contributed by atoms with Crippen LogP contribution in [0.25, 0.3) is 0 Å². The second-order valence-corrected chi connectivity index (χ2v) is 4.40. The topological polar surface area (TPSA) is 57.2 Å². The summed E-state index contributed by atoms with van der Waals surface area (Å²) >= 11 is 3.73. The summed E-state index contributed by atoms with van der Waals surface area (Å²) in [4.78, 5) is 10.4. The molecule has 0 aliphatic rings. The molecule has 1 N–H and O–H groups in total. The highest BCUT2D eigenvalue weighted by Gasteiger charge is 2.11. The first-order valence-corrected chi connectivity index (χ1v) is 5.07. The van der Waals surface area contributed by atoms with Crippen molar-refractivity contribution in [1.29, 1.82) is 0 Å². The number of rotatable bonds is 1. The van der Waals surface area contributed by atoms with Crippen molar-refractivity contribution in [2.45, 2.75) is 0 Å². The maximum absolute atomic E-state index is 10.4. The van der Waals surface area contributed by atoms with Crippen LogP contribution in [0.3, 0.4) is 0 Å². The van der Waals surface area contributed by atoms with Gasteiger partial charge in [0.2, 0.25) is 0 Å². The van der Waals surface area contributed by atoms with Crippen molar-refractivity contribution in [2.24, 2.45) is 0 Å². The average Bonchev–Trinajstić information content (AvgIpc) is 1.99. The van der Waals surface area contributed by atoms with Crippen molar-refractivity contribution < 1.29 is 15.0 Å². The minimum Gasteiger partial charge on any atom is -0.506 e. The highest BCUT2D eigenvalue weighted by molar-refractivity contribution is 14.1. The zero-order valence-corrected chi connectivity index (χ0v) is 9.99. The number of carbonyl (C=O) groups excluding carboxylic acids is 1. The van der Waals surface area contributed by atoms with Gasteiger partial charge in [-0.2, -0.15) is 0 Å². The first-order valence-electron chi connectivity index (χ1n) is 2.91. The van der Waals surface area contributed by atoms with Gasteiger partial charge in [0.25, 0.3) is 0 Å². The first-order chi connectivity index (χ1) is 5.52. The second kappa shape index (κ2) is 3.77. The second-order valence-electron chi connectivity index (χ2n) is 2.08. The largest absolute Gasteiger partial charge is 0.506 e. The summed E-state index contributed by atoms with van der Waals surface area (Å²) in [6.07, 6.45) is 0. The SMILES string of the molecule is [O]C(=O)c1cc(I)c(O)c(I)c1. The number of phenolic OH excluding ortho intramolecular Hbond substituents is 1. The van der Waals surface area contributed by atoms with Crippen LogP contribution in [0, 0.1) is 7.14 Å². The standard InChI is InChI=1S/C7H3I2O3/c8-4-1-3(7(11)12)2-5(9)6(4)10/h1-2,10H. The lowest BCUT2D eigenvalue weighted by molar-refractivity contribution is 0.0573. The monoisotopic (exact) mass is 389 g/mol. The normalized spacial score (nSPS) is 9.83. The van der Waals surface area contributed by atoms with Crippen LogP contribution in [0.4, 0.5) is 0 Å². The molecule has 1 radical (unpaired) electrons. The fourth-order valence-electron chi connectivity index (χ4n) is 0.683. The lowest BCUT2D eigenvalue weighted by Crippen LogP contribution is -1.95. The molecule has 0 amide bonds. The Labute approximate surface area is 96.1 Å². The van der Waals surface area contributed by atoms with Crippen LogP contribution >= 0.6 is 45.2 Å². The predicted octanol–water partition coefficient (Wildman–Crippen LogP) is 2.17. The number of hydrogen-bond donors (Lipinski definition) is 1. The summed E-state index contributed by atoms with van der Waals surface area (Å²) in [7, 11) is 0. The Morgan fingerprint density at radius 1 is 1.25 bits per heavy atom. The molecule has 0 saturated heterocycles. The number of aromatic hydroxyl groups is 1. The minimum atomic E-state index is -1.23. The van der Waals surface area contributed by atoms with Gasteiger partial charge in [-0.1, -0.05) is 0 Å². The maximum Gasteiger partial charge on any atom is 0.386 e. The van der Waals surface area contributed by atoms with Crippen LogP contribution in [0.1, 0.15) is 10.4 Å². The van der Waals surface area contributed by atoms with Gasteiger partial charge in [0.15, 0.2) is 0 Å². The van der Waals surface area contributed by atoms with Crippen LogP contribution in [0.2, 0.25) is 0 Å². The van der Waals surface area contributed by atoms with Gasteiger partial charge in [-0.05, 0) is 57.3 Å². The summed E-state index contributed by atoms with van der Waals surface area (Å²) in [5.74, 6) is -1.12. The van der Waals surface area contributed by atoms with Gasteiger partial charge in [0.05, 0.1) is 12.7 Å². The van der Waals surface area contributed by atoms with Gasteiger partial charge in [-0.25, -0.2) is 9.90 Å². The number of phenols is 1. The highest BCUT2D eigenvalue weighted by Crippen LogP contribution is 2.27. The van der Waals surface area contributed by atoms with Crippen LogP contribution in [-0.4, -0.2) is 11.1 Å². The van der Waals surface area contributed by atoms with Crippen LogP contribution in [-0.2, 0) is 5.11 Å². The lowest BCUT2D eigenvalue weighted by atomic mass is 10.2. The summed E-state index contributed by atoms with van der Waals surface area (Å²) < 4.78 is 1.03. The molecule has 1 aromatic rings. The van der Waals surface area contributed by atoms with Crippen molar-refractivity contribution in [1.82, 2.24) is 0 Å². The summed E-state index contributed by atoms with van der Waals surface area (Å²) in [5, 5.41) is 19.7. The van der Waals surface area contributed by atoms with Crippen LogP contribution in [0.15, 0.2) is 12.1 Å². The van der Waals surface area contributed by atoms with Crippen molar-refractivity contribution in [3.05, 3.63) is 24.8 Å². The molecule has 0 bridgehead atoms. The summed E-state index contributed by atoms with van der Waals surface area (Å²) in [6, 6.07) is 2.74. The van der Waals surface area contributed by atoms with E-state index >= 15 is 0 Å². The van der Waals surface area contributed by atoms with Gasteiger partial charge in [-0.3, -0.25) is 0 Å². The average molecular weight is 389 g/mol. The van der Waals surface area contributed by atoms with Crippen molar-refractivity contribution in [3.63, 3.8) is 0 Å². The molecule has 1 aromatic carbocycles. The molecule has 0 unspecified atom stereocenters. The van der Waals surface area contributed by atoms with E-state index in [-0.39, 0.29) is 11.3 Å². The van der Waals surface area contributed by atoms with Crippen LogP contribution < -0.4 is 0 Å². The molecule has 0 saturated carbocycles. The Morgan fingerprint density at radius 3 is 2.00 bits per heavy atom. The third-order valence-corrected chi connectivity index (χ3v) is 2.90. The predicted molar refractivity (Wildman–Crippen MR) is 58.6 cm³/mol. The molecule has 63 valence electrons. The number of hydrogen-bond acceptors (Lipinski definition) is 2. The minimum absolute atomic E-state index is 0.0848. The number of halogens is 2. The molecular weight excluding hydrogens is 386 g/mol. The molecular formula is C7H3I2O3. The molecule has 0 aromatic heterocycles. The number of carbonyl (C=O) groups is 1. The summed E-state index contributed by atoms with van der Waals surface area (Å²) in [6.45, 7) is 0. The Bertz CT molecular complexity index is 312. The Balaban J connectivity index is 3.31. The third-order valence-electron chi connectivity index (χ3n) is 1.25. The molecule has 0 aliphatic carbocycles. The highest BCUT2D eigenvalue weighted by atomic mass is 127. The molecule has 0 heterocycles. The third kappa shape index (κ3) is 2.00. The zero-order chi connectivity index (χ0) is 9.30. The van der Waals surface area contributed by atoms with Gasteiger partial charge >= 0.3 is 5.97 Å². The van der Waals surface area contributed by atoms with E-state index in [0.29, 0.717) is 7.14 Å². The first kappa shape index (κ1) is 10.0. The fourth-order valence-corrected chi connectivity index (χ4v) is 2.45. The van der Waals surface area contributed by atoms with E-state index in [1.807, 2.05) is 45.2 Å². The van der Waals surface area contributed by atoms with E-state index in [0.717, 1.165) is 0 Å².